The Labute approximate surface area is 109 Å². The van der Waals surface area contributed by atoms with Crippen molar-refractivity contribution < 1.29 is 0 Å². The highest BCUT2D eigenvalue weighted by atomic mass is 13.9. The zero-order valence-corrected chi connectivity index (χ0v) is 11.9. The number of rotatable bonds is 13. The minimum atomic E-state index is 1.19. The van der Waals surface area contributed by atoms with Gasteiger partial charge in [0, 0.05) is 0 Å². The van der Waals surface area contributed by atoms with E-state index in [-0.39, 0.29) is 0 Å². The molecule has 0 atom stereocenters. The second kappa shape index (κ2) is 15.5. The van der Waals surface area contributed by atoms with Crippen LogP contribution < -0.4 is 0 Å². The molecule has 0 heterocycles. The van der Waals surface area contributed by atoms with Crippen molar-refractivity contribution in [1.82, 2.24) is 0 Å². The van der Waals surface area contributed by atoms with Crippen molar-refractivity contribution in [1.29, 1.82) is 0 Å². The summed E-state index contributed by atoms with van der Waals surface area (Å²) in [6.45, 7) is 6.01. The topological polar surface area (TPSA) is 0 Å². The molecule has 0 aliphatic carbocycles. The third-order valence-corrected chi connectivity index (χ3v) is 3.17. The van der Waals surface area contributed by atoms with Gasteiger partial charge in [0.25, 0.3) is 0 Å². The average Bonchev–Trinajstić information content (AvgIpc) is 2.35. The maximum absolute atomic E-state index is 3.75. The van der Waals surface area contributed by atoms with Crippen molar-refractivity contribution >= 4 is 0 Å². The Morgan fingerprint density at radius 1 is 0.647 bits per heavy atom. The molecule has 0 rings (SSSR count). The highest BCUT2D eigenvalue weighted by Gasteiger charge is 1.88. The summed E-state index contributed by atoms with van der Waals surface area (Å²) < 4.78 is 0. The third-order valence-electron chi connectivity index (χ3n) is 3.17. The zero-order valence-electron chi connectivity index (χ0n) is 11.9. The minimum Gasteiger partial charge on any atom is -0.103 e. The predicted molar refractivity (Wildman–Crippen MR) is 80.4 cm³/mol. The summed E-state index contributed by atoms with van der Waals surface area (Å²) >= 11 is 0. The van der Waals surface area contributed by atoms with Gasteiger partial charge in [0.2, 0.25) is 0 Å². The first-order valence-electron chi connectivity index (χ1n) is 7.67. The van der Waals surface area contributed by atoms with Gasteiger partial charge in [-0.25, -0.2) is 0 Å². The van der Waals surface area contributed by atoms with E-state index >= 15 is 0 Å². The van der Waals surface area contributed by atoms with E-state index in [1.807, 2.05) is 6.08 Å². The molecule has 0 saturated carbocycles. The first-order chi connectivity index (χ1) is 8.41. The summed E-state index contributed by atoms with van der Waals surface area (Å²) in [6, 6.07) is 0. The van der Waals surface area contributed by atoms with Gasteiger partial charge in [0.15, 0.2) is 0 Å². The van der Waals surface area contributed by atoms with Gasteiger partial charge in [-0.05, 0) is 38.5 Å². The van der Waals surface area contributed by atoms with E-state index in [0.717, 1.165) is 0 Å². The lowest BCUT2D eigenvalue weighted by molar-refractivity contribution is 0.621. The predicted octanol–water partition coefficient (Wildman–Crippen LogP) is 6.43. The molecule has 17 heavy (non-hydrogen) atoms. The molecule has 0 bridgehead atoms. The number of hydrogen-bond acceptors (Lipinski definition) is 0. The van der Waals surface area contributed by atoms with Crippen molar-refractivity contribution in [2.75, 3.05) is 0 Å². The van der Waals surface area contributed by atoms with Gasteiger partial charge in [-0.2, -0.15) is 0 Å². The Kier molecular flexibility index (Phi) is 15.0. The van der Waals surface area contributed by atoms with Gasteiger partial charge in [-0.1, -0.05) is 63.7 Å². The first-order valence-corrected chi connectivity index (χ1v) is 7.67. The van der Waals surface area contributed by atoms with E-state index in [0.29, 0.717) is 0 Å². The fourth-order valence-electron chi connectivity index (χ4n) is 2.01. The molecular weight excluding hydrogens is 204 g/mol. The van der Waals surface area contributed by atoms with Crippen LogP contribution in [0.2, 0.25) is 0 Å². The second-order valence-electron chi connectivity index (χ2n) is 4.95. The van der Waals surface area contributed by atoms with Crippen molar-refractivity contribution in [3.8, 4) is 0 Å². The molecule has 0 heteroatoms. The summed E-state index contributed by atoms with van der Waals surface area (Å²) in [5, 5.41) is 0. The van der Waals surface area contributed by atoms with E-state index in [1.165, 1.54) is 77.0 Å². The molecule has 0 spiro atoms. The van der Waals surface area contributed by atoms with E-state index in [2.05, 4.69) is 25.7 Å². The molecule has 100 valence electrons. The smallest absolute Gasteiger partial charge is 0.0351 e. The van der Waals surface area contributed by atoms with Crippen LogP contribution in [0.15, 0.2) is 24.8 Å². The molecule has 0 aromatic rings. The van der Waals surface area contributed by atoms with Crippen LogP contribution >= 0.6 is 0 Å². The standard InChI is InChI=1S/C17H32/c1-3-5-7-9-11-13-15-17-16-14-12-10-8-6-4-2/h3,14,16H,1,4-13,15,17H2,2H3. The van der Waals surface area contributed by atoms with Gasteiger partial charge in [0.05, 0.1) is 0 Å². The van der Waals surface area contributed by atoms with Crippen LogP contribution in [0.3, 0.4) is 0 Å². The average molecular weight is 236 g/mol. The molecule has 0 aromatic carbocycles. The normalized spacial score (nSPS) is 11.1. The van der Waals surface area contributed by atoms with Crippen LogP contribution in [0, 0.1) is 0 Å². The maximum atomic E-state index is 3.75. The fourth-order valence-corrected chi connectivity index (χ4v) is 2.01. The highest BCUT2D eigenvalue weighted by Crippen LogP contribution is 2.08. The largest absolute Gasteiger partial charge is 0.103 e. The number of unbranched alkanes of at least 4 members (excludes halogenated alkanes) is 10. The molecule has 0 radical (unpaired) electrons. The van der Waals surface area contributed by atoms with Crippen LogP contribution in [0.5, 0.6) is 0 Å². The molecule has 0 nitrogen and oxygen atoms in total. The van der Waals surface area contributed by atoms with Gasteiger partial charge in [0.1, 0.15) is 0 Å². The van der Waals surface area contributed by atoms with Crippen molar-refractivity contribution in [2.24, 2.45) is 0 Å². The summed E-state index contributed by atoms with van der Waals surface area (Å²) in [6.07, 6.45) is 23.0. The van der Waals surface area contributed by atoms with Crippen LogP contribution in [0.25, 0.3) is 0 Å². The molecule has 0 N–H and O–H groups in total. The van der Waals surface area contributed by atoms with Crippen molar-refractivity contribution in [2.45, 2.75) is 84.0 Å². The molecule has 0 aromatic heterocycles. The third kappa shape index (κ3) is 15.5. The molecule has 0 aliphatic rings. The van der Waals surface area contributed by atoms with Gasteiger partial charge in [-0.3, -0.25) is 0 Å². The fraction of sp³-hybridized carbons (Fsp3) is 0.765. The quantitative estimate of drug-likeness (QED) is 0.255. The Balaban J connectivity index is 3.01. The van der Waals surface area contributed by atoms with Gasteiger partial charge < -0.3 is 0 Å². The monoisotopic (exact) mass is 236 g/mol. The van der Waals surface area contributed by atoms with Gasteiger partial charge in [-0.15, -0.1) is 6.58 Å². The van der Waals surface area contributed by atoms with Gasteiger partial charge >= 0.3 is 0 Å². The Morgan fingerprint density at radius 3 is 1.65 bits per heavy atom. The minimum absolute atomic E-state index is 1.19. The van der Waals surface area contributed by atoms with E-state index in [9.17, 15) is 0 Å². The van der Waals surface area contributed by atoms with Crippen LogP contribution in [-0.2, 0) is 0 Å². The van der Waals surface area contributed by atoms with E-state index in [4.69, 9.17) is 0 Å². The SMILES string of the molecule is C=CCCCCCCCC=CCCCCCC. The van der Waals surface area contributed by atoms with Crippen molar-refractivity contribution in [3.63, 3.8) is 0 Å². The molecule has 0 unspecified atom stereocenters. The van der Waals surface area contributed by atoms with Crippen LogP contribution in [0.4, 0.5) is 0 Å². The zero-order chi connectivity index (χ0) is 12.6. The lowest BCUT2D eigenvalue weighted by Gasteiger charge is -1.98. The van der Waals surface area contributed by atoms with Crippen LogP contribution in [0.1, 0.15) is 84.0 Å². The number of hydrogen-bond donors (Lipinski definition) is 0. The molecule has 0 fully saturated rings. The summed E-state index contributed by atoms with van der Waals surface area (Å²) in [5.41, 5.74) is 0. The van der Waals surface area contributed by atoms with E-state index < -0.39 is 0 Å². The maximum Gasteiger partial charge on any atom is -0.0351 e. The molecule has 0 saturated heterocycles. The first kappa shape index (κ1) is 16.5. The molecule has 0 amide bonds. The number of allylic oxidation sites excluding steroid dienone is 3. The van der Waals surface area contributed by atoms with E-state index in [1.54, 1.807) is 0 Å². The highest BCUT2D eigenvalue weighted by molar-refractivity contribution is 4.81. The van der Waals surface area contributed by atoms with Crippen LogP contribution in [-0.4, -0.2) is 0 Å². The summed E-state index contributed by atoms with van der Waals surface area (Å²) in [5.74, 6) is 0. The summed E-state index contributed by atoms with van der Waals surface area (Å²) in [7, 11) is 0. The lowest BCUT2D eigenvalue weighted by Crippen LogP contribution is -1.78. The molecule has 0 aliphatic heterocycles. The summed E-state index contributed by atoms with van der Waals surface area (Å²) in [4.78, 5) is 0. The second-order valence-corrected chi connectivity index (χ2v) is 4.95. The Bertz CT molecular complexity index is 167. The Morgan fingerprint density at radius 2 is 1.12 bits per heavy atom. The van der Waals surface area contributed by atoms with Crippen molar-refractivity contribution in [3.05, 3.63) is 24.8 Å². The molecular formula is C17H32. The Hall–Kier alpha value is -0.520. The lowest BCUT2D eigenvalue weighted by atomic mass is 10.1.